The van der Waals surface area contributed by atoms with Crippen LogP contribution in [0.1, 0.15) is 83.8 Å². The molecule has 25 heavy (non-hydrogen) atoms. The topological polar surface area (TPSA) is 40.5 Å². The van der Waals surface area contributed by atoms with Crippen molar-refractivity contribution in [2.75, 3.05) is 0 Å². The second-order valence-corrected chi connectivity index (χ2v) is 7.35. The lowest BCUT2D eigenvalue weighted by Crippen LogP contribution is -1.91. The first-order valence-electron chi connectivity index (χ1n) is 9.76. The molecule has 0 heterocycles. The molecule has 0 aliphatic rings. The van der Waals surface area contributed by atoms with E-state index >= 15 is 0 Å². The fraction of sp³-hybridized carbons (Fsp3) is 0.565. The molecule has 0 saturated carbocycles. The highest BCUT2D eigenvalue weighted by Crippen LogP contribution is 2.30. The minimum Gasteiger partial charge on any atom is -0.508 e. The Morgan fingerprint density at radius 2 is 1.56 bits per heavy atom. The van der Waals surface area contributed by atoms with E-state index in [1.165, 1.54) is 36.8 Å². The minimum atomic E-state index is 0.219. The largest absolute Gasteiger partial charge is 0.508 e. The number of benzene rings is 1. The van der Waals surface area contributed by atoms with E-state index < -0.39 is 0 Å². The summed E-state index contributed by atoms with van der Waals surface area (Å²) < 4.78 is 0. The van der Waals surface area contributed by atoms with Gasteiger partial charge >= 0.3 is 0 Å². The highest BCUT2D eigenvalue weighted by atomic mass is 16.3. The molecule has 0 radical (unpaired) electrons. The molecule has 0 bridgehead atoms. The van der Waals surface area contributed by atoms with E-state index in [-0.39, 0.29) is 11.5 Å². The van der Waals surface area contributed by atoms with Gasteiger partial charge in [-0.15, -0.1) is 0 Å². The predicted octanol–water partition coefficient (Wildman–Crippen LogP) is 6.85. The summed E-state index contributed by atoms with van der Waals surface area (Å²) in [5.74, 6) is 0.439. The van der Waals surface area contributed by atoms with Crippen molar-refractivity contribution in [1.29, 1.82) is 0 Å². The van der Waals surface area contributed by atoms with Crippen LogP contribution in [0.25, 0.3) is 0 Å². The number of hydrogen-bond acceptors (Lipinski definition) is 2. The van der Waals surface area contributed by atoms with Crippen molar-refractivity contribution in [1.82, 2.24) is 0 Å². The standard InChI is InChI=1S/C23H36O2/c1-5-6-7-8-9-13-20-16-22(24)21(23(25)17-20)15-14-19(4)12-10-11-18(2)3/h11,14,16-17,24-25H,5-10,12-13,15H2,1-4H3. The van der Waals surface area contributed by atoms with Crippen LogP contribution in [0.15, 0.2) is 35.4 Å². The number of aryl methyl sites for hydroxylation is 1. The van der Waals surface area contributed by atoms with Gasteiger partial charge in [0.1, 0.15) is 11.5 Å². The van der Waals surface area contributed by atoms with Crippen LogP contribution in [0.5, 0.6) is 11.5 Å². The number of phenolic OH excluding ortho intramolecular Hbond substituents is 2. The Kier molecular flexibility index (Phi) is 10.1. The molecule has 0 saturated heterocycles. The third-order valence-electron chi connectivity index (χ3n) is 4.58. The van der Waals surface area contributed by atoms with Gasteiger partial charge in [0.25, 0.3) is 0 Å². The first-order chi connectivity index (χ1) is 11.9. The summed E-state index contributed by atoms with van der Waals surface area (Å²) >= 11 is 0. The molecule has 0 unspecified atom stereocenters. The normalized spacial score (nSPS) is 11.6. The van der Waals surface area contributed by atoms with Gasteiger partial charge in [-0.05, 0) is 70.6 Å². The van der Waals surface area contributed by atoms with E-state index in [1.54, 1.807) is 0 Å². The Morgan fingerprint density at radius 1 is 0.920 bits per heavy atom. The molecule has 0 amide bonds. The highest BCUT2D eigenvalue weighted by molar-refractivity contribution is 5.47. The van der Waals surface area contributed by atoms with Crippen LogP contribution in [0.2, 0.25) is 0 Å². The first-order valence-corrected chi connectivity index (χ1v) is 9.76. The number of aromatic hydroxyl groups is 2. The highest BCUT2D eigenvalue weighted by Gasteiger charge is 2.09. The average Bonchev–Trinajstić information content (AvgIpc) is 2.53. The van der Waals surface area contributed by atoms with E-state index in [9.17, 15) is 10.2 Å². The van der Waals surface area contributed by atoms with E-state index in [1.807, 2.05) is 12.1 Å². The summed E-state index contributed by atoms with van der Waals surface area (Å²) in [6, 6.07) is 3.64. The van der Waals surface area contributed by atoms with Gasteiger partial charge in [-0.1, -0.05) is 55.9 Å². The first kappa shape index (κ1) is 21.3. The van der Waals surface area contributed by atoms with Crippen molar-refractivity contribution in [3.8, 4) is 11.5 Å². The van der Waals surface area contributed by atoms with E-state index in [0.717, 1.165) is 31.2 Å². The van der Waals surface area contributed by atoms with Crippen LogP contribution in [0.3, 0.4) is 0 Å². The van der Waals surface area contributed by atoms with Gasteiger partial charge in [-0.3, -0.25) is 0 Å². The van der Waals surface area contributed by atoms with Gasteiger partial charge in [0.15, 0.2) is 0 Å². The predicted molar refractivity (Wildman–Crippen MR) is 108 cm³/mol. The molecule has 0 aliphatic heterocycles. The Morgan fingerprint density at radius 3 is 2.16 bits per heavy atom. The second kappa shape index (κ2) is 11.8. The van der Waals surface area contributed by atoms with Crippen LogP contribution >= 0.6 is 0 Å². The molecule has 140 valence electrons. The van der Waals surface area contributed by atoms with Gasteiger partial charge < -0.3 is 10.2 Å². The van der Waals surface area contributed by atoms with Crippen LogP contribution < -0.4 is 0 Å². The molecule has 1 aromatic carbocycles. The molecular formula is C23H36O2. The van der Waals surface area contributed by atoms with Crippen molar-refractivity contribution in [3.05, 3.63) is 46.6 Å². The summed E-state index contributed by atoms with van der Waals surface area (Å²) in [5, 5.41) is 20.6. The fourth-order valence-electron chi connectivity index (χ4n) is 2.95. The van der Waals surface area contributed by atoms with Gasteiger partial charge in [-0.25, -0.2) is 0 Å². The van der Waals surface area contributed by atoms with Crippen LogP contribution in [0, 0.1) is 0 Å². The Labute approximate surface area is 154 Å². The summed E-state index contributed by atoms with van der Waals surface area (Å²) in [6.45, 7) is 8.55. The lowest BCUT2D eigenvalue weighted by molar-refractivity contribution is 0.439. The lowest BCUT2D eigenvalue weighted by Gasteiger charge is -2.10. The maximum absolute atomic E-state index is 10.3. The molecule has 2 heteroatoms. The van der Waals surface area contributed by atoms with Gasteiger partial charge in [0.2, 0.25) is 0 Å². The quantitative estimate of drug-likeness (QED) is 0.340. The smallest absolute Gasteiger partial charge is 0.123 e. The van der Waals surface area contributed by atoms with E-state index in [0.29, 0.717) is 12.0 Å². The van der Waals surface area contributed by atoms with Crippen molar-refractivity contribution >= 4 is 0 Å². The maximum Gasteiger partial charge on any atom is 0.123 e. The summed E-state index contributed by atoms with van der Waals surface area (Å²) in [4.78, 5) is 0. The van der Waals surface area contributed by atoms with Crippen molar-refractivity contribution in [2.24, 2.45) is 0 Å². The third-order valence-corrected chi connectivity index (χ3v) is 4.58. The number of hydrogen-bond donors (Lipinski definition) is 2. The Hall–Kier alpha value is -1.70. The van der Waals surface area contributed by atoms with Gasteiger partial charge in [-0.2, -0.15) is 0 Å². The summed E-state index contributed by atoms with van der Waals surface area (Å²) in [6.07, 6.45) is 14.0. The zero-order valence-corrected chi connectivity index (χ0v) is 16.6. The molecule has 1 rings (SSSR count). The van der Waals surface area contributed by atoms with Gasteiger partial charge in [0.05, 0.1) is 0 Å². The Bertz CT molecular complexity index is 555. The number of unbranched alkanes of at least 4 members (excludes halogenated alkanes) is 4. The minimum absolute atomic E-state index is 0.219. The van der Waals surface area contributed by atoms with E-state index in [4.69, 9.17) is 0 Å². The van der Waals surface area contributed by atoms with Crippen molar-refractivity contribution < 1.29 is 10.2 Å². The molecule has 1 aromatic rings. The zero-order chi connectivity index (χ0) is 18.7. The molecule has 0 spiro atoms. The van der Waals surface area contributed by atoms with Crippen LogP contribution in [-0.2, 0) is 12.8 Å². The monoisotopic (exact) mass is 344 g/mol. The number of phenols is 2. The summed E-state index contributed by atoms with van der Waals surface area (Å²) in [5.41, 5.74) is 4.29. The fourth-order valence-corrected chi connectivity index (χ4v) is 2.95. The molecule has 0 aromatic heterocycles. The van der Waals surface area contributed by atoms with Crippen LogP contribution in [0.4, 0.5) is 0 Å². The third kappa shape index (κ3) is 8.81. The maximum atomic E-state index is 10.3. The molecule has 2 nitrogen and oxygen atoms in total. The van der Waals surface area contributed by atoms with E-state index in [2.05, 4.69) is 39.8 Å². The molecule has 2 N–H and O–H groups in total. The molecule has 0 aliphatic carbocycles. The SMILES string of the molecule is CCCCCCCc1cc(O)c(CC=C(C)CCC=C(C)C)c(O)c1. The average molecular weight is 345 g/mol. The zero-order valence-electron chi connectivity index (χ0n) is 16.6. The Balaban J connectivity index is 2.59. The second-order valence-electron chi connectivity index (χ2n) is 7.35. The van der Waals surface area contributed by atoms with Crippen molar-refractivity contribution in [3.63, 3.8) is 0 Å². The summed E-state index contributed by atoms with van der Waals surface area (Å²) in [7, 11) is 0. The molecule has 0 fully saturated rings. The number of rotatable bonds is 11. The van der Waals surface area contributed by atoms with Crippen molar-refractivity contribution in [2.45, 2.75) is 85.5 Å². The van der Waals surface area contributed by atoms with Crippen LogP contribution in [-0.4, -0.2) is 10.2 Å². The van der Waals surface area contributed by atoms with Gasteiger partial charge in [0, 0.05) is 5.56 Å². The number of allylic oxidation sites excluding steroid dienone is 4. The molecule has 0 atom stereocenters. The lowest BCUT2D eigenvalue weighted by atomic mass is 10.00. The molecular weight excluding hydrogens is 308 g/mol.